The van der Waals surface area contributed by atoms with Gasteiger partial charge >= 0.3 is 6.09 Å². The summed E-state index contributed by atoms with van der Waals surface area (Å²) in [6.07, 6.45) is 0.795. The fourth-order valence-electron chi connectivity index (χ4n) is 2.34. The number of aromatic nitrogens is 2. The van der Waals surface area contributed by atoms with E-state index in [9.17, 15) is 14.4 Å². The van der Waals surface area contributed by atoms with E-state index in [4.69, 9.17) is 0 Å². The number of imide groups is 1. The number of fused-ring (bicyclic) bond motifs is 1. The molecule has 0 saturated heterocycles. The zero-order chi connectivity index (χ0) is 18.7. The number of alkyl carbamates (subject to hydrolysis) is 1. The lowest BCUT2D eigenvalue weighted by molar-refractivity contribution is 0.0926. The lowest BCUT2D eigenvalue weighted by Gasteiger charge is -2.06. The van der Waals surface area contributed by atoms with Gasteiger partial charge in [-0.25, -0.2) is 9.78 Å². The summed E-state index contributed by atoms with van der Waals surface area (Å²) in [5, 5.41) is 6.73. The number of nitrogens with one attached hydrogen (secondary N) is 2. The van der Waals surface area contributed by atoms with E-state index in [0.717, 1.165) is 5.69 Å². The second kappa shape index (κ2) is 7.36. The number of nitrogens with zero attached hydrogens (tertiary/aromatic N) is 2. The average molecular weight is 372 g/mol. The predicted molar refractivity (Wildman–Crippen MR) is 96.7 cm³/mol. The second-order valence-electron chi connectivity index (χ2n) is 5.31. The topological polar surface area (TPSA) is 102 Å². The molecule has 3 aromatic rings. The van der Waals surface area contributed by atoms with E-state index in [0.29, 0.717) is 10.6 Å². The number of hydrogen-bond acceptors (Lipinski definition) is 6. The molecule has 0 aliphatic carbocycles. The minimum atomic E-state index is -0.836. The van der Waals surface area contributed by atoms with Crippen molar-refractivity contribution in [2.45, 2.75) is 13.8 Å². The van der Waals surface area contributed by atoms with E-state index >= 15 is 0 Å². The molecule has 26 heavy (non-hydrogen) atoms. The number of pyridine rings is 1. The first-order chi connectivity index (χ1) is 12.5. The first kappa shape index (κ1) is 17.6. The van der Waals surface area contributed by atoms with E-state index < -0.39 is 17.9 Å². The van der Waals surface area contributed by atoms with Crippen LogP contribution in [-0.4, -0.2) is 33.9 Å². The SMILES string of the molecule is CCOC(=O)NC(=O)c1ccsc1NC(=O)c1cn2c(C)cccc2n1. The van der Waals surface area contributed by atoms with Crippen LogP contribution in [0.3, 0.4) is 0 Å². The van der Waals surface area contributed by atoms with Crippen LogP contribution in [-0.2, 0) is 4.74 Å². The van der Waals surface area contributed by atoms with Crippen LogP contribution in [0, 0.1) is 6.92 Å². The lowest BCUT2D eigenvalue weighted by atomic mass is 10.3. The molecular formula is C17H16N4O4S. The summed E-state index contributed by atoms with van der Waals surface area (Å²) >= 11 is 1.17. The van der Waals surface area contributed by atoms with Gasteiger partial charge in [0.2, 0.25) is 0 Å². The Morgan fingerprint density at radius 3 is 2.77 bits per heavy atom. The third-order valence-electron chi connectivity index (χ3n) is 3.56. The van der Waals surface area contributed by atoms with Crippen LogP contribution < -0.4 is 10.6 Å². The third kappa shape index (κ3) is 3.57. The van der Waals surface area contributed by atoms with E-state index in [-0.39, 0.29) is 17.9 Å². The van der Waals surface area contributed by atoms with Crippen molar-refractivity contribution in [3.05, 3.63) is 52.8 Å². The Bertz CT molecular complexity index is 992. The number of imidazole rings is 1. The van der Waals surface area contributed by atoms with Crippen molar-refractivity contribution >= 4 is 39.9 Å². The Labute approximate surface area is 152 Å². The molecule has 3 amide bonds. The van der Waals surface area contributed by atoms with Gasteiger partial charge < -0.3 is 14.5 Å². The average Bonchev–Trinajstić information content (AvgIpc) is 3.22. The van der Waals surface area contributed by atoms with Gasteiger partial charge in [0.15, 0.2) is 0 Å². The van der Waals surface area contributed by atoms with Gasteiger partial charge in [0.05, 0.1) is 12.2 Å². The highest BCUT2D eigenvalue weighted by Crippen LogP contribution is 2.24. The van der Waals surface area contributed by atoms with E-state index in [1.54, 1.807) is 29.0 Å². The summed E-state index contributed by atoms with van der Waals surface area (Å²) < 4.78 is 6.48. The molecule has 0 aliphatic heterocycles. The van der Waals surface area contributed by atoms with Crippen molar-refractivity contribution in [2.75, 3.05) is 11.9 Å². The Morgan fingerprint density at radius 1 is 1.23 bits per heavy atom. The molecule has 0 bridgehead atoms. The minimum Gasteiger partial charge on any atom is -0.450 e. The lowest BCUT2D eigenvalue weighted by Crippen LogP contribution is -2.31. The molecule has 8 nitrogen and oxygen atoms in total. The smallest absolute Gasteiger partial charge is 0.414 e. The van der Waals surface area contributed by atoms with Crippen LogP contribution in [0.4, 0.5) is 9.80 Å². The Balaban J connectivity index is 1.77. The highest BCUT2D eigenvalue weighted by molar-refractivity contribution is 7.14. The maximum absolute atomic E-state index is 12.5. The van der Waals surface area contributed by atoms with Crippen molar-refractivity contribution in [2.24, 2.45) is 0 Å². The first-order valence-electron chi connectivity index (χ1n) is 7.81. The van der Waals surface area contributed by atoms with Gasteiger partial charge in [-0.05, 0) is 37.4 Å². The van der Waals surface area contributed by atoms with E-state index in [1.807, 2.05) is 19.1 Å². The maximum Gasteiger partial charge on any atom is 0.414 e. The highest BCUT2D eigenvalue weighted by Gasteiger charge is 2.19. The number of anilines is 1. The van der Waals surface area contributed by atoms with Crippen molar-refractivity contribution in [3.63, 3.8) is 0 Å². The molecule has 0 unspecified atom stereocenters. The Hall–Kier alpha value is -3.20. The van der Waals surface area contributed by atoms with Crippen LogP contribution >= 0.6 is 11.3 Å². The molecule has 0 saturated carbocycles. The number of ether oxygens (including phenoxy) is 1. The number of carbonyl (C=O) groups is 3. The van der Waals surface area contributed by atoms with Crippen LogP contribution in [0.1, 0.15) is 33.5 Å². The van der Waals surface area contributed by atoms with E-state index in [2.05, 4.69) is 20.4 Å². The summed E-state index contributed by atoms with van der Waals surface area (Å²) in [6, 6.07) is 7.08. The molecule has 0 aliphatic rings. The number of aryl methyl sites for hydroxylation is 1. The quantitative estimate of drug-likeness (QED) is 0.733. The molecule has 0 spiro atoms. The fourth-order valence-corrected chi connectivity index (χ4v) is 3.12. The standard InChI is InChI=1S/C17H16N4O4S/c1-3-25-17(24)20-14(22)11-7-8-26-16(11)19-15(23)12-9-21-10(2)5-4-6-13(21)18-12/h4-9H,3H2,1-2H3,(H,19,23)(H,20,22,24). The normalized spacial score (nSPS) is 10.5. The summed E-state index contributed by atoms with van der Waals surface area (Å²) in [4.78, 5) is 40.3. The molecular weight excluding hydrogens is 356 g/mol. The summed E-state index contributed by atoms with van der Waals surface area (Å²) in [5.74, 6) is -1.09. The molecule has 3 rings (SSSR count). The van der Waals surface area contributed by atoms with Crippen molar-refractivity contribution < 1.29 is 19.1 Å². The number of amides is 3. The Morgan fingerprint density at radius 2 is 2.04 bits per heavy atom. The zero-order valence-corrected chi connectivity index (χ0v) is 14.9. The van der Waals surface area contributed by atoms with Gasteiger partial charge in [-0.15, -0.1) is 11.3 Å². The molecule has 2 N–H and O–H groups in total. The van der Waals surface area contributed by atoms with E-state index in [1.165, 1.54) is 17.4 Å². The van der Waals surface area contributed by atoms with Crippen LogP contribution in [0.2, 0.25) is 0 Å². The Kier molecular flexibility index (Phi) is 4.99. The maximum atomic E-state index is 12.5. The molecule has 9 heteroatoms. The van der Waals surface area contributed by atoms with Crippen LogP contribution in [0.15, 0.2) is 35.8 Å². The molecule has 0 aromatic carbocycles. The first-order valence-corrected chi connectivity index (χ1v) is 8.69. The van der Waals surface area contributed by atoms with Crippen LogP contribution in [0.25, 0.3) is 5.65 Å². The second-order valence-corrected chi connectivity index (χ2v) is 6.23. The minimum absolute atomic E-state index is 0.152. The monoisotopic (exact) mass is 372 g/mol. The summed E-state index contributed by atoms with van der Waals surface area (Å²) in [7, 11) is 0. The molecule has 0 radical (unpaired) electrons. The van der Waals surface area contributed by atoms with Crippen LogP contribution in [0.5, 0.6) is 0 Å². The van der Waals surface area contributed by atoms with Gasteiger partial charge in [-0.2, -0.15) is 0 Å². The van der Waals surface area contributed by atoms with Gasteiger partial charge in [-0.3, -0.25) is 14.9 Å². The molecule has 0 fully saturated rings. The number of hydrogen-bond donors (Lipinski definition) is 2. The molecule has 3 heterocycles. The van der Waals surface area contributed by atoms with Gasteiger partial charge in [-0.1, -0.05) is 6.07 Å². The fraction of sp³-hybridized carbons (Fsp3) is 0.176. The molecule has 134 valence electrons. The predicted octanol–water partition coefficient (Wildman–Crippen LogP) is 2.84. The highest BCUT2D eigenvalue weighted by atomic mass is 32.1. The van der Waals surface area contributed by atoms with Gasteiger partial charge in [0, 0.05) is 11.9 Å². The van der Waals surface area contributed by atoms with Crippen molar-refractivity contribution in [1.29, 1.82) is 0 Å². The molecule has 0 atom stereocenters. The number of carbonyl (C=O) groups excluding carboxylic acids is 3. The number of rotatable bonds is 4. The number of thiophene rings is 1. The summed E-state index contributed by atoms with van der Waals surface area (Å²) in [6.45, 7) is 3.70. The summed E-state index contributed by atoms with van der Waals surface area (Å²) in [5.41, 5.74) is 2.00. The molecule has 3 aromatic heterocycles. The zero-order valence-electron chi connectivity index (χ0n) is 14.1. The van der Waals surface area contributed by atoms with Gasteiger partial charge in [0.1, 0.15) is 16.3 Å². The van der Waals surface area contributed by atoms with Crippen molar-refractivity contribution in [3.8, 4) is 0 Å². The third-order valence-corrected chi connectivity index (χ3v) is 4.39. The van der Waals surface area contributed by atoms with Crippen molar-refractivity contribution in [1.82, 2.24) is 14.7 Å². The van der Waals surface area contributed by atoms with Gasteiger partial charge in [0.25, 0.3) is 11.8 Å². The largest absolute Gasteiger partial charge is 0.450 e.